The molecule has 0 unspecified atom stereocenters. The maximum Gasteiger partial charge on any atom is 0.409 e. The van der Waals surface area contributed by atoms with Crippen molar-refractivity contribution in [2.24, 2.45) is 0 Å². The molecule has 224 valence electrons. The highest BCUT2D eigenvalue weighted by molar-refractivity contribution is 6.32. The van der Waals surface area contributed by atoms with Crippen LogP contribution in [0.4, 0.5) is 4.79 Å². The minimum atomic E-state index is -1.13. The first-order valence-corrected chi connectivity index (χ1v) is 13.8. The molecule has 1 aromatic carbocycles. The minimum absolute atomic E-state index is 0.0317. The lowest BCUT2D eigenvalue weighted by molar-refractivity contribution is -0.138. The Morgan fingerprint density at radius 3 is 2.45 bits per heavy atom. The van der Waals surface area contributed by atoms with Crippen molar-refractivity contribution in [3.05, 3.63) is 52.0 Å². The van der Waals surface area contributed by atoms with E-state index in [2.05, 4.69) is 15.5 Å². The Morgan fingerprint density at radius 2 is 1.81 bits per heavy atom. The fourth-order valence-corrected chi connectivity index (χ4v) is 4.66. The van der Waals surface area contributed by atoms with Crippen molar-refractivity contribution in [1.82, 2.24) is 25.3 Å². The molecule has 0 radical (unpaired) electrons. The van der Waals surface area contributed by atoms with E-state index in [1.54, 1.807) is 39.0 Å². The Labute approximate surface area is 246 Å². The number of rotatable bonds is 10. The number of aliphatic carboxylic acids is 1. The third-order valence-corrected chi connectivity index (χ3v) is 7.11. The molecule has 14 heteroatoms. The zero-order valence-corrected chi connectivity index (χ0v) is 24.3. The number of pyridine rings is 1. The van der Waals surface area contributed by atoms with Gasteiger partial charge in [-0.1, -0.05) is 16.8 Å². The van der Waals surface area contributed by atoms with Gasteiger partial charge in [-0.05, 0) is 44.9 Å². The molecule has 0 spiro atoms. The Balaban J connectivity index is 1.55. The molecule has 0 aliphatic carbocycles. The predicted molar refractivity (Wildman–Crippen MR) is 150 cm³/mol. The quantitative estimate of drug-likeness (QED) is 0.352. The van der Waals surface area contributed by atoms with Crippen molar-refractivity contribution < 1.29 is 38.3 Å². The summed E-state index contributed by atoms with van der Waals surface area (Å²) in [6.07, 6.45) is -0.931. The number of aromatic nitrogens is 2. The summed E-state index contributed by atoms with van der Waals surface area (Å²) in [6.45, 7) is 6.50. The number of ether oxygens (including phenoxy) is 2. The molecule has 1 saturated heterocycles. The first-order valence-electron chi connectivity index (χ1n) is 13.4. The molecule has 2 N–H and O–H groups in total. The van der Waals surface area contributed by atoms with Crippen LogP contribution in [0, 0.1) is 13.8 Å². The van der Waals surface area contributed by atoms with E-state index in [1.165, 1.54) is 15.9 Å². The zero-order chi connectivity index (χ0) is 30.4. The van der Waals surface area contributed by atoms with Gasteiger partial charge in [-0.2, -0.15) is 0 Å². The van der Waals surface area contributed by atoms with Crippen molar-refractivity contribution in [3.8, 4) is 5.75 Å². The van der Waals surface area contributed by atoms with Gasteiger partial charge in [-0.25, -0.2) is 9.78 Å². The molecule has 0 saturated carbocycles. The van der Waals surface area contributed by atoms with Crippen LogP contribution in [-0.2, 0) is 20.9 Å². The van der Waals surface area contributed by atoms with Gasteiger partial charge in [0.1, 0.15) is 35.5 Å². The molecule has 1 aliphatic rings. The SMILES string of the molecule is CCOC(=O)N1CCN(C(=O)[C@H](CCC(=O)O)NC(=O)c2cc(OCc3cc(C)on3)c3cc(Cl)c(C)cc3n2)CC1. The number of benzene rings is 1. The van der Waals surface area contributed by atoms with Crippen LogP contribution in [-0.4, -0.2) is 87.8 Å². The summed E-state index contributed by atoms with van der Waals surface area (Å²) in [7, 11) is 0. The second-order valence-corrected chi connectivity index (χ2v) is 10.2. The number of nitrogens with zero attached hydrogens (tertiary/aromatic N) is 4. The second kappa shape index (κ2) is 13.5. The predicted octanol–water partition coefficient (Wildman–Crippen LogP) is 3.34. The standard InChI is InChI=1S/C28H32ClN5O8/c1-4-40-28(39)34-9-7-33(8-10-34)27(38)21(5-6-25(35)36)31-26(37)23-14-24(41-15-18-12-17(3)42-32-18)19-13-20(29)16(2)11-22(19)30-23/h11-14,21H,4-10,15H2,1-3H3,(H,31,37)(H,35,36)/t21-/m0/s1. The number of carboxylic acid groups (broad SMARTS) is 1. The topological polar surface area (TPSA) is 164 Å². The second-order valence-electron chi connectivity index (χ2n) is 9.81. The Kier molecular flexibility index (Phi) is 9.84. The number of piperazine rings is 1. The molecule has 1 aliphatic heterocycles. The number of fused-ring (bicyclic) bond motifs is 1. The summed E-state index contributed by atoms with van der Waals surface area (Å²) >= 11 is 6.35. The van der Waals surface area contributed by atoms with Crippen LogP contribution in [0.5, 0.6) is 5.75 Å². The molecule has 3 aromatic rings. The average molecular weight is 602 g/mol. The number of carboxylic acids is 1. The van der Waals surface area contributed by atoms with E-state index in [4.69, 9.17) is 25.6 Å². The molecule has 1 atom stereocenters. The van der Waals surface area contributed by atoms with Crippen molar-refractivity contribution in [3.63, 3.8) is 0 Å². The van der Waals surface area contributed by atoms with Crippen LogP contribution in [0.15, 0.2) is 28.8 Å². The number of hydrogen-bond donors (Lipinski definition) is 2. The number of carbonyl (C=O) groups is 4. The molecule has 42 heavy (non-hydrogen) atoms. The fraction of sp³-hybridized carbons (Fsp3) is 0.429. The molecular formula is C28H32ClN5O8. The average Bonchev–Trinajstić information content (AvgIpc) is 3.39. The Morgan fingerprint density at radius 1 is 1.10 bits per heavy atom. The zero-order valence-electron chi connectivity index (χ0n) is 23.5. The molecule has 3 heterocycles. The summed E-state index contributed by atoms with van der Waals surface area (Å²) in [4.78, 5) is 57.7. The molecular weight excluding hydrogens is 570 g/mol. The van der Waals surface area contributed by atoms with Crippen LogP contribution >= 0.6 is 11.6 Å². The number of hydrogen-bond acceptors (Lipinski definition) is 9. The Hall–Kier alpha value is -4.39. The van der Waals surface area contributed by atoms with Crippen LogP contribution in [0.2, 0.25) is 5.02 Å². The normalized spacial score (nSPS) is 14.0. The fourth-order valence-electron chi connectivity index (χ4n) is 4.50. The highest BCUT2D eigenvalue weighted by Crippen LogP contribution is 2.31. The van der Waals surface area contributed by atoms with E-state index in [1.807, 2.05) is 0 Å². The lowest BCUT2D eigenvalue weighted by Crippen LogP contribution is -2.56. The summed E-state index contributed by atoms with van der Waals surface area (Å²) in [5.41, 5.74) is 1.70. The number of halogens is 1. The third kappa shape index (κ3) is 7.46. The van der Waals surface area contributed by atoms with E-state index in [-0.39, 0.29) is 57.9 Å². The number of carbonyl (C=O) groups excluding carboxylic acids is 3. The van der Waals surface area contributed by atoms with Gasteiger partial charge in [0, 0.05) is 55.1 Å². The summed E-state index contributed by atoms with van der Waals surface area (Å²) in [5.74, 6) is -1.30. The van der Waals surface area contributed by atoms with E-state index >= 15 is 0 Å². The van der Waals surface area contributed by atoms with Gasteiger partial charge in [0.2, 0.25) is 5.91 Å². The minimum Gasteiger partial charge on any atom is -0.486 e. The van der Waals surface area contributed by atoms with Gasteiger partial charge in [0.15, 0.2) is 0 Å². The number of aryl methyl sites for hydroxylation is 2. The van der Waals surface area contributed by atoms with Crippen LogP contribution in [0.1, 0.15) is 47.3 Å². The van der Waals surface area contributed by atoms with Crippen LogP contribution in [0.3, 0.4) is 0 Å². The lowest BCUT2D eigenvalue weighted by atomic mass is 10.1. The molecule has 1 fully saturated rings. The van der Waals surface area contributed by atoms with Gasteiger partial charge in [0.05, 0.1) is 12.1 Å². The van der Waals surface area contributed by atoms with Crippen molar-refractivity contribution >= 4 is 46.4 Å². The van der Waals surface area contributed by atoms with Gasteiger partial charge in [0.25, 0.3) is 5.91 Å². The van der Waals surface area contributed by atoms with Gasteiger partial charge in [-0.15, -0.1) is 0 Å². The highest BCUT2D eigenvalue weighted by Gasteiger charge is 2.31. The maximum absolute atomic E-state index is 13.5. The lowest BCUT2D eigenvalue weighted by Gasteiger charge is -2.35. The van der Waals surface area contributed by atoms with E-state index in [0.717, 1.165) is 5.56 Å². The maximum atomic E-state index is 13.5. The van der Waals surface area contributed by atoms with Gasteiger partial charge >= 0.3 is 12.1 Å². The molecule has 2 aromatic heterocycles. The van der Waals surface area contributed by atoms with Crippen molar-refractivity contribution in [1.29, 1.82) is 0 Å². The largest absolute Gasteiger partial charge is 0.486 e. The highest BCUT2D eigenvalue weighted by atomic mass is 35.5. The molecule has 0 bridgehead atoms. The monoisotopic (exact) mass is 601 g/mol. The van der Waals surface area contributed by atoms with E-state index in [0.29, 0.717) is 33.1 Å². The third-order valence-electron chi connectivity index (χ3n) is 6.70. The summed E-state index contributed by atoms with van der Waals surface area (Å²) in [5, 5.41) is 16.9. The number of nitrogens with one attached hydrogen (secondary N) is 1. The molecule has 4 rings (SSSR count). The van der Waals surface area contributed by atoms with Crippen LogP contribution in [0.25, 0.3) is 10.9 Å². The van der Waals surface area contributed by atoms with Gasteiger partial charge in [-0.3, -0.25) is 14.4 Å². The van der Waals surface area contributed by atoms with E-state index in [9.17, 15) is 24.3 Å². The van der Waals surface area contributed by atoms with Gasteiger partial charge < -0.3 is 34.2 Å². The first kappa shape index (κ1) is 30.6. The smallest absolute Gasteiger partial charge is 0.409 e. The summed E-state index contributed by atoms with van der Waals surface area (Å²) in [6, 6.07) is 5.44. The first-order chi connectivity index (χ1) is 20.0. The number of amides is 3. The van der Waals surface area contributed by atoms with Crippen molar-refractivity contribution in [2.45, 2.75) is 46.3 Å². The molecule has 3 amide bonds. The van der Waals surface area contributed by atoms with E-state index < -0.39 is 29.9 Å². The summed E-state index contributed by atoms with van der Waals surface area (Å²) < 4.78 is 16.1. The molecule has 13 nitrogen and oxygen atoms in total. The van der Waals surface area contributed by atoms with Crippen LogP contribution < -0.4 is 10.1 Å². The Bertz CT molecular complexity index is 1480. The van der Waals surface area contributed by atoms with Crippen molar-refractivity contribution in [2.75, 3.05) is 32.8 Å².